The molecule has 0 aromatic carbocycles. The van der Waals surface area contributed by atoms with Crippen molar-refractivity contribution < 1.29 is 27.9 Å². The highest BCUT2D eigenvalue weighted by Gasteiger charge is 2.17. The van der Waals surface area contributed by atoms with E-state index in [1.54, 1.807) is 0 Å². The SMILES string of the molecule is COC(=O)CCNS(=O)(=O)c1cnn(CC(=O)O)c1. The predicted octanol–water partition coefficient (Wildman–Crippen LogP) is -1.19. The van der Waals surface area contributed by atoms with E-state index in [2.05, 4.69) is 14.6 Å². The second kappa shape index (κ2) is 6.29. The van der Waals surface area contributed by atoms with Gasteiger partial charge in [-0.2, -0.15) is 5.10 Å². The first-order valence-electron chi connectivity index (χ1n) is 5.16. The van der Waals surface area contributed by atoms with Crippen LogP contribution in [0.2, 0.25) is 0 Å². The summed E-state index contributed by atoms with van der Waals surface area (Å²) in [5.74, 6) is -1.67. The third-order valence-corrected chi connectivity index (χ3v) is 3.48. The van der Waals surface area contributed by atoms with Crippen LogP contribution in [-0.2, 0) is 30.9 Å². The van der Waals surface area contributed by atoms with Gasteiger partial charge < -0.3 is 9.84 Å². The fourth-order valence-corrected chi connectivity index (χ4v) is 2.17. The topological polar surface area (TPSA) is 128 Å². The van der Waals surface area contributed by atoms with Gasteiger partial charge in [0.05, 0.1) is 19.7 Å². The first-order chi connectivity index (χ1) is 8.85. The molecule has 0 aliphatic heterocycles. The summed E-state index contributed by atoms with van der Waals surface area (Å²) in [4.78, 5) is 21.1. The largest absolute Gasteiger partial charge is 0.480 e. The number of aliphatic carboxylic acids is 1. The zero-order valence-electron chi connectivity index (χ0n) is 10.1. The summed E-state index contributed by atoms with van der Waals surface area (Å²) in [6.45, 7) is -0.545. The number of sulfonamides is 1. The van der Waals surface area contributed by atoms with Gasteiger partial charge in [0.15, 0.2) is 0 Å². The van der Waals surface area contributed by atoms with Crippen LogP contribution >= 0.6 is 0 Å². The monoisotopic (exact) mass is 291 g/mol. The molecule has 1 aromatic heterocycles. The van der Waals surface area contributed by atoms with Crippen LogP contribution in [0.4, 0.5) is 0 Å². The highest BCUT2D eigenvalue weighted by Crippen LogP contribution is 2.06. The van der Waals surface area contributed by atoms with E-state index < -0.39 is 28.5 Å². The van der Waals surface area contributed by atoms with Gasteiger partial charge in [0, 0.05) is 12.7 Å². The molecule has 1 aromatic rings. The summed E-state index contributed by atoms with van der Waals surface area (Å²) in [5.41, 5.74) is 0. The molecular formula is C9H13N3O6S. The van der Waals surface area contributed by atoms with Gasteiger partial charge in [-0.15, -0.1) is 0 Å². The molecule has 0 aliphatic rings. The molecule has 0 amide bonds. The van der Waals surface area contributed by atoms with Crippen molar-refractivity contribution in [2.24, 2.45) is 0 Å². The number of carboxylic acids is 1. The summed E-state index contributed by atoms with van der Waals surface area (Å²) >= 11 is 0. The van der Waals surface area contributed by atoms with E-state index in [1.807, 2.05) is 0 Å². The summed E-state index contributed by atoms with van der Waals surface area (Å²) in [6, 6.07) is 0. The number of nitrogens with zero attached hydrogens (tertiary/aromatic N) is 2. The van der Waals surface area contributed by atoms with Crippen LogP contribution in [0.5, 0.6) is 0 Å². The van der Waals surface area contributed by atoms with Crippen LogP contribution in [0.25, 0.3) is 0 Å². The number of hydrogen-bond donors (Lipinski definition) is 2. The van der Waals surface area contributed by atoms with Gasteiger partial charge >= 0.3 is 11.9 Å². The third-order valence-electron chi connectivity index (χ3n) is 2.07. The summed E-state index contributed by atoms with van der Waals surface area (Å²) in [5, 5.41) is 12.1. The number of carbonyl (C=O) groups is 2. The summed E-state index contributed by atoms with van der Waals surface area (Å²) in [6.07, 6.45) is 2.02. The Balaban J connectivity index is 2.64. The van der Waals surface area contributed by atoms with Crippen LogP contribution in [0.3, 0.4) is 0 Å². The maximum atomic E-state index is 11.7. The van der Waals surface area contributed by atoms with Crippen molar-refractivity contribution >= 4 is 22.0 Å². The maximum absolute atomic E-state index is 11.7. The van der Waals surface area contributed by atoms with Crippen molar-refractivity contribution in [3.8, 4) is 0 Å². The molecule has 2 N–H and O–H groups in total. The Morgan fingerprint density at radius 3 is 2.79 bits per heavy atom. The molecule has 0 saturated heterocycles. The second-order valence-corrected chi connectivity index (χ2v) is 5.26. The lowest BCUT2D eigenvalue weighted by Crippen LogP contribution is -2.26. The molecule has 0 saturated carbocycles. The molecule has 10 heteroatoms. The first kappa shape index (κ1) is 15.1. The van der Waals surface area contributed by atoms with E-state index in [1.165, 1.54) is 7.11 Å². The highest BCUT2D eigenvalue weighted by molar-refractivity contribution is 7.89. The van der Waals surface area contributed by atoms with Gasteiger partial charge in [-0.3, -0.25) is 14.3 Å². The number of carbonyl (C=O) groups excluding carboxylic acids is 1. The van der Waals surface area contributed by atoms with Crippen LogP contribution in [0.1, 0.15) is 6.42 Å². The molecule has 0 aliphatic carbocycles. The fraction of sp³-hybridized carbons (Fsp3) is 0.444. The Morgan fingerprint density at radius 2 is 2.21 bits per heavy atom. The first-order valence-corrected chi connectivity index (χ1v) is 6.64. The lowest BCUT2D eigenvalue weighted by Gasteiger charge is -2.03. The summed E-state index contributed by atoms with van der Waals surface area (Å²) in [7, 11) is -2.61. The van der Waals surface area contributed by atoms with Crippen molar-refractivity contribution in [2.45, 2.75) is 17.9 Å². The van der Waals surface area contributed by atoms with E-state index in [4.69, 9.17) is 5.11 Å². The minimum atomic E-state index is -3.81. The normalized spacial score (nSPS) is 11.2. The zero-order chi connectivity index (χ0) is 14.5. The highest BCUT2D eigenvalue weighted by atomic mass is 32.2. The van der Waals surface area contributed by atoms with Crippen molar-refractivity contribution in [1.82, 2.24) is 14.5 Å². The minimum absolute atomic E-state index is 0.0982. The van der Waals surface area contributed by atoms with Gasteiger partial charge in [0.1, 0.15) is 11.4 Å². The molecule has 1 heterocycles. The molecular weight excluding hydrogens is 278 g/mol. The van der Waals surface area contributed by atoms with Crippen LogP contribution in [-0.4, -0.2) is 48.9 Å². The van der Waals surface area contributed by atoms with E-state index >= 15 is 0 Å². The van der Waals surface area contributed by atoms with Gasteiger partial charge in [-0.1, -0.05) is 0 Å². The molecule has 1 rings (SSSR count). The van der Waals surface area contributed by atoms with Crippen LogP contribution in [0.15, 0.2) is 17.3 Å². The predicted molar refractivity (Wildman–Crippen MR) is 61.7 cm³/mol. The van der Waals surface area contributed by atoms with Crippen molar-refractivity contribution in [1.29, 1.82) is 0 Å². The molecule has 9 nitrogen and oxygen atoms in total. The number of hydrogen-bond acceptors (Lipinski definition) is 6. The second-order valence-electron chi connectivity index (χ2n) is 3.49. The lowest BCUT2D eigenvalue weighted by molar-refractivity contribution is -0.140. The number of aromatic nitrogens is 2. The standard InChI is InChI=1S/C9H13N3O6S/c1-18-9(15)2-3-11-19(16,17)7-4-10-12(5-7)6-8(13)14/h4-5,11H,2-3,6H2,1H3,(H,13,14). The Kier molecular flexibility index (Phi) is 5.01. The average molecular weight is 291 g/mol. The molecule has 106 valence electrons. The number of esters is 1. The molecule has 0 atom stereocenters. The van der Waals surface area contributed by atoms with E-state index in [9.17, 15) is 18.0 Å². The Bertz CT molecular complexity index is 564. The van der Waals surface area contributed by atoms with Crippen molar-refractivity contribution in [3.63, 3.8) is 0 Å². The number of carboxylic acid groups (broad SMARTS) is 1. The van der Waals surface area contributed by atoms with Gasteiger partial charge in [-0.25, -0.2) is 13.1 Å². The van der Waals surface area contributed by atoms with Gasteiger partial charge in [0.25, 0.3) is 0 Å². The van der Waals surface area contributed by atoms with Crippen LogP contribution < -0.4 is 4.72 Å². The number of rotatable bonds is 7. The third kappa shape index (κ3) is 4.67. The Morgan fingerprint density at radius 1 is 1.53 bits per heavy atom. The minimum Gasteiger partial charge on any atom is -0.480 e. The van der Waals surface area contributed by atoms with Crippen molar-refractivity contribution in [2.75, 3.05) is 13.7 Å². The van der Waals surface area contributed by atoms with E-state index in [-0.39, 0.29) is 17.9 Å². The molecule has 0 fully saturated rings. The lowest BCUT2D eigenvalue weighted by atomic mass is 10.4. The Labute approximate surface area is 109 Å². The molecule has 0 unspecified atom stereocenters. The molecule has 0 radical (unpaired) electrons. The quantitative estimate of drug-likeness (QED) is 0.604. The van der Waals surface area contributed by atoms with Gasteiger partial charge in [0.2, 0.25) is 10.0 Å². The smallest absolute Gasteiger partial charge is 0.325 e. The average Bonchev–Trinajstić information content (AvgIpc) is 2.76. The van der Waals surface area contributed by atoms with Crippen LogP contribution in [0, 0.1) is 0 Å². The molecule has 19 heavy (non-hydrogen) atoms. The van der Waals surface area contributed by atoms with Gasteiger partial charge in [-0.05, 0) is 0 Å². The number of nitrogens with one attached hydrogen (secondary N) is 1. The maximum Gasteiger partial charge on any atom is 0.325 e. The molecule has 0 bridgehead atoms. The number of methoxy groups -OCH3 is 1. The van der Waals surface area contributed by atoms with E-state index in [0.29, 0.717) is 0 Å². The van der Waals surface area contributed by atoms with E-state index in [0.717, 1.165) is 17.1 Å². The zero-order valence-corrected chi connectivity index (χ0v) is 10.9. The number of ether oxygens (including phenoxy) is 1. The molecule has 0 spiro atoms. The van der Waals surface area contributed by atoms with Crippen molar-refractivity contribution in [3.05, 3.63) is 12.4 Å². The fourth-order valence-electron chi connectivity index (χ4n) is 1.18. The Hall–Kier alpha value is -1.94. The summed E-state index contributed by atoms with van der Waals surface area (Å²) < 4.78 is 31.0.